The van der Waals surface area contributed by atoms with E-state index in [1.54, 1.807) is 7.11 Å². The van der Waals surface area contributed by atoms with Crippen LogP contribution in [-0.2, 0) is 11.2 Å². The maximum absolute atomic E-state index is 11.5. The molecule has 0 saturated carbocycles. The standard InChI is InChI=1S/C14H17NO2/c1-3-4-5-10-15-14(16)11-12-6-8-13(17-2)9-7-12/h1,6-9H,4-5,10-11H2,2H3,(H,15,16). The van der Waals surface area contributed by atoms with Gasteiger partial charge in [-0.3, -0.25) is 4.79 Å². The van der Waals surface area contributed by atoms with Crippen LogP contribution in [0.1, 0.15) is 18.4 Å². The van der Waals surface area contributed by atoms with E-state index in [-0.39, 0.29) is 5.91 Å². The molecule has 0 aliphatic heterocycles. The highest BCUT2D eigenvalue weighted by atomic mass is 16.5. The smallest absolute Gasteiger partial charge is 0.224 e. The number of hydrogen-bond donors (Lipinski definition) is 1. The molecule has 0 aliphatic carbocycles. The molecule has 0 spiro atoms. The fraction of sp³-hybridized carbons (Fsp3) is 0.357. The minimum Gasteiger partial charge on any atom is -0.497 e. The summed E-state index contributed by atoms with van der Waals surface area (Å²) in [6.07, 6.45) is 7.03. The molecule has 1 rings (SSSR count). The molecule has 1 aromatic carbocycles. The van der Waals surface area contributed by atoms with Gasteiger partial charge in [-0.2, -0.15) is 0 Å². The Bertz CT molecular complexity index is 390. The Hall–Kier alpha value is -1.95. The fourth-order valence-corrected chi connectivity index (χ4v) is 1.41. The summed E-state index contributed by atoms with van der Waals surface area (Å²) in [5.41, 5.74) is 0.972. The van der Waals surface area contributed by atoms with E-state index < -0.39 is 0 Å². The van der Waals surface area contributed by atoms with Crippen molar-refractivity contribution in [3.05, 3.63) is 29.8 Å². The third-order valence-electron chi connectivity index (χ3n) is 2.34. The first-order valence-electron chi connectivity index (χ1n) is 5.59. The molecule has 0 bridgehead atoms. The molecule has 1 aromatic rings. The summed E-state index contributed by atoms with van der Waals surface area (Å²) in [4.78, 5) is 11.5. The molecule has 1 amide bonds. The second-order valence-corrected chi connectivity index (χ2v) is 3.68. The van der Waals surface area contributed by atoms with Crippen molar-refractivity contribution in [3.63, 3.8) is 0 Å². The van der Waals surface area contributed by atoms with E-state index in [1.165, 1.54) is 0 Å². The number of methoxy groups -OCH3 is 1. The van der Waals surface area contributed by atoms with Gasteiger partial charge >= 0.3 is 0 Å². The minimum atomic E-state index is 0.0205. The predicted molar refractivity (Wildman–Crippen MR) is 67.8 cm³/mol. The van der Waals surface area contributed by atoms with Gasteiger partial charge in [0.1, 0.15) is 5.75 Å². The Morgan fingerprint density at radius 1 is 1.41 bits per heavy atom. The lowest BCUT2D eigenvalue weighted by atomic mass is 10.1. The first-order valence-corrected chi connectivity index (χ1v) is 5.59. The van der Waals surface area contributed by atoms with Crippen molar-refractivity contribution in [2.24, 2.45) is 0 Å². The van der Waals surface area contributed by atoms with Gasteiger partial charge in [0.2, 0.25) is 5.91 Å². The third kappa shape index (κ3) is 5.07. The number of terminal acetylenes is 1. The van der Waals surface area contributed by atoms with Crippen molar-refractivity contribution < 1.29 is 9.53 Å². The van der Waals surface area contributed by atoms with Gasteiger partial charge in [-0.25, -0.2) is 0 Å². The first kappa shape index (κ1) is 13.1. The Kier molecular flexibility index (Phi) is 5.67. The largest absolute Gasteiger partial charge is 0.497 e. The van der Waals surface area contributed by atoms with E-state index >= 15 is 0 Å². The van der Waals surface area contributed by atoms with Crippen molar-refractivity contribution >= 4 is 5.91 Å². The Morgan fingerprint density at radius 2 is 2.12 bits per heavy atom. The molecule has 0 aliphatic rings. The highest BCUT2D eigenvalue weighted by Crippen LogP contribution is 2.11. The minimum absolute atomic E-state index is 0.0205. The van der Waals surface area contributed by atoms with Crippen molar-refractivity contribution in [3.8, 4) is 18.1 Å². The van der Waals surface area contributed by atoms with Gasteiger partial charge in [0.25, 0.3) is 0 Å². The van der Waals surface area contributed by atoms with E-state index in [9.17, 15) is 4.79 Å². The van der Waals surface area contributed by atoms with Crippen LogP contribution in [0.5, 0.6) is 5.75 Å². The number of carbonyl (C=O) groups excluding carboxylic acids is 1. The third-order valence-corrected chi connectivity index (χ3v) is 2.34. The fourth-order valence-electron chi connectivity index (χ4n) is 1.41. The molecule has 0 unspecified atom stereocenters. The molecule has 0 saturated heterocycles. The molecule has 0 heterocycles. The first-order chi connectivity index (χ1) is 8.26. The number of rotatable bonds is 6. The highest BCUT2D eigenvalue weighted by Gasteiger charge is 2.02. The summed E-state index contributed by atoms with van der Waals surface area (Å²) in [6.45, 7) is 0.638. The summed E-state index contributed by atoms with van der Waals surface area (Å²) in [5, 5.41) is 2.83. The van der Waals surface area contributed by atoms with Crippen molar-refractivity contribution in [1.29, 1.82) is 0 Å². The lowest BCUT2D eigenvalue weighted by Crippen LogP contribution is -2.25. The summed E-state index contributed by atoms with van der Waals surface area (Å²) < 4.78 is 5.05. The molecular weight excluding hydrogens is 214 g/mol. The van der Waals surface area contributed by atoms with Crippen molar-refractivity contribution in [1.82, 2.24) is 5.32 Å². The van der Waals surface area contributed by atoms with E-state index in [4.69, 9.17) is 11.2 Å². The maximum atomic E-state index is 11.5. The zero-order valence-corrected chi connectivity index (χ0v) is 10.0. The lowest BCUT2D eigenvalue weighted by Gasteiger charge is -2.05. The van der Waals surface area contributed by atoms with Gasteiger partial charge in [-0.05, 0) is 24.1 Å². The quantitative estimate of drug-likeness (QED) is 0.598. The van der Waals surface area contributed by atoms with Gasteiger partial charge < -0.3 is 10.1 Å². The van der Waals surface area contributed by atoms with Crippen LogP contribution in [0.3, 0.4) is 0 Å². The number of nitrogens with one attached hydrogen (secondary N) is 1. The molecule has 0 atom stereocenters. The molecule has 90 valence electrons. The molecule has 17 heavy (non-hydrogen) atoms. The Labute approximate surface area is 102 Å². The number of unbranched alkanes of at least 4 members (excludes halogenated alkanes) is 1. The van der Waals surface area contributed by atoms with Gasteiger partial charge in [-0.15, -0.1) is 12.3 Å². The van der Waals surface area contributed by atoms with Crippen LogP contribution < -0.4 is 10.1 Å². The average Bonchev–Trinajstić information content (AvgIpc) is 2.36. The van der Waals surface area contributed by atoms with E-state index in [2.05, 4.69) is 11.2 Å². The normalized spacial score (nSPS) is 9.41. The van der Waals surface area contributed by atoms with E-state index in [0.717, 1.165) is 17.7 Å². The molecule has 0 radical (unpaired) electrons. The van der Waals surface area contributed by atoms with Gasteiger partial charge in [-0.1, -0.05) is 12.1 Å². The van der Waals surface area contributed by atoms with Gasteiger partial charge in [0, 0.05) is 13.0 Å². The SMILES string of the molecule is C#CCCCNC(=O)Cc1ccc(OC)cc1. The maximum Gasteiger partial charge on any atom is 0.224 e. The lowest BCUT2D eigenvalue weighted by molar-refractivity contribution is -0.120. The van der Waals surface area contributed by atoms with Crippen LogP contribution in [0.15, 0.2) is 24.3 Å². The number of ether oxygens (including phenoxy) is 1. The van der Waals surface area contributed by atoms with Gasteiger partial charge in [0.15, 0.2) is 0 Å². The topological polar surface area (TPSA) is 38.3 Å². The molecular formula is C14H17NO2. The van der Waals surface area contributed by atoms with E-state index in [0.29, 0.717) is 19.4 Å². The Morgan fingerprint density at radius 3 is 2.71 bits per heavy atom. The van der Waals surface area contributed by atoms with Crippen LogP contribution in [0.4, 0.5) is 0 Å². The molecule has 0 aromatic heterocycles. The van der Waals surface area contributed by atoms with Gasteiger partial charge in [0.05, 0.1) is 13.5 Å². The highest BCUT2D eigenvalue weighted by molar-refractivity contribution is 5.78. The summed E-state index contributed by atoms with van der Waals surface area (Å²) in [5.74, 6) is 3.35. The van der Waals surface area contributed by atoms with Crippen LogP contribution >= 0.6 is 0 Å². The van der Waals surface area contributed by atoms with Crippen molar-refractivity contribution in [2.75, 3.05) is 13.7 Å². The van der Waals surface area contributed by atoms with Crippen molar-refractivity contribution in [2.45, 2.75) is 19.3 Å². The molecule has 1 N–H and O–H groups in total. The van der Waals surface area contributed by atoms with Crippen LogP contribution in [0, 0.1) is 12.3 Å². The predicted octanol–water partition coefficient (Wildman–Crippen LogP) is 1.77. The summed E-state index contributed by atoms with van der Waals surface area (Å²) in [7, 11) is 1.62. The zero-order valence-electron chi connectivity index (χ0n) is 10.0. The number of benzene rings is 1. The molecule has 3 heteroatoms. The summed E-state index contributed by atoms with van der Waals surface area (Å²) in [6, 6.07) is 7.47. The molecule has 0 fully saturated rings. The number of carbonyl (C=O) groups is 1. The van der Waals surface area contributed by atoms with E-state index in [1.807, 2.05) is 24.3 Å². The van der Waals surface area contributed by atoms with Crippen LogP contribution in [0.25, 0.3) is 0 Å². The Balaban J connectivity index is 2.32. The monoisotopic (exact) mass is 231 g/mol. The van der Waals surface area contributed by atoms with Crippen LogP contribution in [-0.4, -0.2) is 19.6 Å². The zero-order chi connectivity index (χ0) is 12.5. The average molecular weight is 231 g/mol. The van der Waals surface area contributed by atoms with Crippen LogP contribution in [0.2, 0.25) is 0 Å². The second kappa shape index (κ2) is 7.34. The second-order valence-electron chi connectivity index (χ2n) is 3.68. The molecule has 3 nitrogen and oxygen atoms in total. The number of amides is 1. The number of hydrogen-bond acceptors (Lipinski definition) is 2. The summed E-state index contributed by atoms with van der Waals surface area (Å²) >= 11 is 0.